The second-order valence-electron chi connectivity index (χ2n) is 4.36. The number of carbonyl (C=O) groups excluding carboxylic acids is 2. The molecule has 0 aromatic heterocycles. The lowest BCUT2D eigenvalue weighted by molar-refractivity contribution is -0.149. The lowest BCUT2D eigenvalue weighted by Crippen LogP contribution is -2.65. The Labute approximate surface area is 93.8 Å². The molecule has 0 aromatic carbocycles. The van der Waals surface area contributed by atoms with Gasteiger partial charge < -0.3 is 10.6 Å². The van der Waals surface area contributed by atoms with Crippen molar-refractivity contribution in [3.05, 3.63) is 0 Å². The monoisotopic (exact) mass is 226 g/mol. The third-order valence-corrected chi connectivity index (χ3v) is 3.77. The number of hydrogen-bond donors (Lipinski definition) is 2. The van der Waals surface area contributed by atoms with Crippen LogP contribution in [0.15, 0.2) is 0 Å². The van der Waals surface area contributed by atoms with Crippen LogP contribution >= 0.6 is 12.2 Å². The summed E-state index contributed by atoms with van der Waals surface area (Å²) < 4.78 is 0. The Bertz CT molecular complexity index is 320. The summed E-state index contributed by atoms with van der Waals surface area (Å²) in [7, 11) is 0. The zero-order chi connectivity index (χ0) is 11.1. The molecular weight excluding hydrogens is 212 g/mol. The number of carbonyl (C=O) groups is 2. The van der Waals surface area contributed by atoms with E-state index in [0.717, 1.165) is 19.3 Å². The molecule has 1 saturated carbocycles. The predicted molar refractivity (Wildman–Crippen MR) is 58.9 cm³/mol. The molecule has 2 rings (SSSR count). The van der Waals surface area contributed by atoms with Crippen LogP contribution in [0.2, 0.25) is 0 Å². The molecule has 1 saturated heterocycles. The molecule has 1 atom stereocenters. The third kappa shape index (κ3) is 1.45. The van der Waals surface area contributed by atoms with Crippen molar-refractivity contribution in [2.24, 2.45) is 11.3 Å². The normalized spacial score (nSPS) is 29.9. The molecule has 1 aliphatic carbocycles. The van der Waals surface area contributed by atoms with Gasteiger partial charge in [-0.1, -0.05) is 19.8 Å². The first kappa shape index (κ1) is 10.5. The fourth-order valence-electron chi connectivity index (χ4n) is 2.59. The highest BCUT2D eigenvalue weighted by Crippen LogP contribution is 2.42. The molecular formula is C10H14N2O2S. The smallest absolute Gasteiger partial charge is 0.242 e. The molecule has 5 heteroatoms. The first-order valence-electron chi connectivity index (χ1n) is 5.24. The minimum Gasteiger partial charge on any atom is -0.302 e. The van der Waals surface area contributed by atoms with Crippen molar-refractivity contribution in [2.75, 3.05) is 0 Å². The molecule has 1 aliphatic heterocycles. The molecule has 0 radical (unpaired) electrons. The van der Waals surface area contributed by atoms with E-state index in [0.29, 0.717) is 6.42 Å². The van der Waals surface area contributed by atoms with Crippen LogP contribution < -0.4 is 10.6 Å². The van der Waals surface area contributed by atoms with E-state index in [-0.39, 0.29) is 22.8 Å². The summed E-state index contributed by atoms with van der Waals surface area (Å²) in [5, 5.41) is 5.26. The van der Waals surface area contributed by atoms with Crippen LogP contribution in [0.4, 0.5) is 0 Å². The molecule has 0 aromatic rings. The van der Waals surface area contributed by atoms with Gasteiger partial charge in [0, 0.05) is 0 Å². The van der Waals surface area contributed by atoms with Crippen LogP contribution in [0, 0.1) is 11.3 Å². The average Bonchev–Trinajstić information content (AvgIpc) is 2.16. The van der Waals surface area contributed by atoms with Crippen LogP contribution in [0.3, 0.4) is 0 Å². The summed E-state index contributed by atoms with van der Waals surface area (Å²) in [6.45, 7) is 1.96. The van der Waals surface area contributed by atoms with Crippen molar-refractivity contribution in [1.29, 1.82) is 0 Å². The van der Waals surface area contributed by atoms with E-state index in [1.165, 1.54) is 0 Å². The van der Waals surface area contributed by atoms with Gasteiger partial charge in [0.25, 0.3) is 0 Å². The molecule has 2 N–H and O–H groups in total. The van der Waals surface area contributed by atoms with E-state index in [9.17, 15) is 9.59 Å². The second-order valence-corrected chi connectivity index (χ2v) is 4.76. The van der Waals surface area contributed by atoms with Gasteiger partial charge >= 0.3 is 0 Å². The largest absolute Gasteiger partial charge is 0.302 e. The first-order valence-corrected chi connectivity index (χ1v) is 5.65. The summed E-state index contributed by atoms with van der Waals surface area (Å²) in [4.78, 5) is 23.9. The predicted octanol–water partition coefficient (Wildman–Crippen LogP) is 0.714. The Balaban J connectivity index is 2.35. The summed E-state index contributed by atoms with van der Waals surface area (Å²) in [5.74, 6) is -0.346. The van der Waals surface area contributed by atoms with Crippen LogP contribution in [0.25, 0.3) is 0 Å². The molecule has 2 amide bonds. The minimum absolute atomic E-state index is 0.0920. The molecule has 82 valence electrons. The van der Waals surface area contributed by atoms with E-state index < -0.39 is 5.41 Å². The topological polar surface area (TPSA) is 58.2 Å². The Hall–Kier alpha value is -0.970. The van der Waals surface area contributed by atoms with Crippen LogP contribution in [-0.4, -0.2) is 16.9 Å². The Morgan fingerprint density at radius 1 is 1.27 bits per heavy atom. The molecule has 2 fully saturated rings. The lowest BCUT2D eigenvalue weighted by Gasteiger charge is -2.42. The van der Waals surface area contributed by atoms with E-state index in [1.807, 2.05) is 6.92 Å². The van der Waals surface area contributed by atoms with Gasteiger partial charge in [0.15, 0.2) is 5.11 Å². The van der Waals surface area contributed by atoms with Gasteiger partial charge in [-0.25, -0.2) is 0 Å². The van der Waals surface area contributed by atoms with Gasteiger partial charge in [0.1, 0.15) is 5.41 Å². The van der Waals surface area contributed by atoms with Crippen molar-refractivity contribution in [2.45, 2.75) is 32.6 Å². The van der Waals surface area contributed by atoms with Gasteiger partial charge in [0.2, 0.25) is 11.8 Å². The number of rotatable bonds is 0. The quantitative estimate of drug-likeness (QED) is 0.472. The highest BCUT2D eigenvalue weighted by molar-refractivity contribution is 7.80. The number of hydrogen-bond acceptors (Lipinski definition) is 3. The Morgan fingerprint density at radius 3 is 2.40 bits per heavy atom. The molecule has 1 heterocycles. The number of thiocarbonyl (C=S) groups is 1. The van der Waals surface area contributed by atoms with E-state index >= 15 is 0 Å². The summed E-state index contributed by atoms with van der Waals surface area (Å²) in [6, 6.07) is 0. The zero-order valence-corrected chi connectivity index (χ0v) is 9.45. The SMILES string of the molecule is C[C@@H]1CCCCC12C(=O)NC(=S)NC2=O. The fourth-order valence-corrected chi connectivity index (χ4v) is 2.77. The van der Waals surface area contributed by atoms with E-state index in [1.54, 1.807) is 0 Å². The summed E-state index contributed by atoms with van der Waals surface area (Å²) in [6.07, 6.45) is 3.58. The third-order valence-electron chi connectivity index (χ3n) is 3.56. The van der Waals surface area contributed by atoms with Gasteiger partial charge in [-0.05, 0) is 31.0 Å². The van der Waals surface area contributed by atoms with Crippen molar-refractivity contribution in [3.63, 3.8) is 0 Å². The van der Waals surface area contributed by atoms with Crippen molar-refractivity contribution >= 4 is 29.1 Å². The fraction of sp³-hybridized carbons (Fsp3) is 0.700. The van der Waals surface area contributed by atoms with E-state index in [2.05, 4.69) is 10.6 Å². The molecule has 0 unspecified atom stereocenters. The number of nitrogens with one attached hydrogen (secondary N) is 2. The van der Waals surface area contributed by atoms with E-state index in [4.69, 9.17) is 12.2 Å². The van der Waals surface area contributed by atoms with Crippen molar-refractivity contribution < 1.29 is 9.59 Å². The highest BCUT2D eigenvalue weighted by atomic mass is 32.1. The molecule has 15 heavy (non-hydrogen) atoms. The maximum atomic E-state index is 11.9. The molecule has 2 aliphatic rings. The molecule has 0 bridgehead atoms. The molecule has 4 nitrogen and oxygen atoms in total. The average molecular weight is 226 g/mol. The zero-order valence-electron chi connectivity index (χ0n) is 8.63. The van der Waals surface area contributed by atoms with Crippen LogP contribution in [-0.2, 0) is 9.59 Å². The van der Waals surface area contributed by atoms with Gasteiger partial charge in [-0.2, -0.15) is 0 Å². The minimum atomic E-state index is -0.874. The highest BCUT2D eigenvalue weighted by Gasteiger charge is 2.53. The molecule has 1 spiro atoms. The van der Waals surface area contributed by atoms with Crippen molar-refractivity contribution in [1.82, 2.24) is 10.6 Å². The Morgan fingerprint density at radius 2 is 1.87 bits per heavy atom. The van der Waals surface area contributed by atoms with Crippen molar-refractivity contribution in [3.8, 4) is 0 Å². The standard InChI is InChI=1S/C10H14N2O2S/c1-6-4-2-3-5-10(6)7(13)11-9(15)12-8(10)14/h6H,2-5H2,1H3,(H2,11,12,13,14,15)/t6-/m1/s1. The Kier molecular flexibility index (Phi) is 2.50. The number of amides is 2. The maximum absolute atomic E-state index is 11.9. The maximum Gasteiger partial charge on any atom is 0.242 e. The van der Waals surface area contributed by atoms with Gasteiger partial charge in [-0.3, -0.25) is 9.59 Å². The summed E-state index contributed by atoms with van der Waals surface area (Å²) in [5.41, 5.74) is -0.874. The van der Waals surface area contributed by atoms with Crippen LogP contribution in [0.1, 0.15) is 32.6 Å². The van der Waals surface area contributed by atoms with Gasteiger partial charge in [-0.15, -0.1) is 0 Å². The second kappa shape index (κ2) is 3.56. The summed E-state index contributed by atoms with van der Waals surface area (Å²) >= 11 is 4.79. The first-order chi connectivity index (χ1) is 7.07. The lowest BCUT2D eigenvalue weighted by atomic mass is 9.65. The van der Waals surface area contributed by atoms with Crippen LogP contribution in [0.5, 0.6) is 0 Å². The van der Waals surface area contributed by atoms with Gasteiger partial charge in [0.05, 0.1) is 0 Å².